The molecule has 0 saturated carbocycles. The van der Waals surface area contributed by atoms with Crippen molar-refractivity contribution in [3.8, 4) is 11.4 Å². The SMILES string of the molecule is Cc1ccc(-c2nc(SCC(=O)N[C@@H](C)CCCC(C)C)n[nH]2)cc1. The van der Waals surface area contributed by atoms with E-state index in [-0.39, 0.29) is 11.9 Å². The van der Waals surface area contributed by atoms with E-state index in [1.165, 1.54) is 23.7 Å². The highest BCUT2D eigenvalue weighted by Gasteiger charge is 2.11. The molecule has 0 fully saturated rings. The highest BCUT2D eigenvalue weighted by atomic mass is 32.2. The van der Waals surface area contributed by atoms with E-state index in [4.69, 9.17) is 0 Å². The molecule has 0 saturated heterocycles. The van der Waals surface area contributed by atoms with Crippen LogP contribution in [0.2, 0.25) is 0 Å². The van der Waals surface area contributed by atoms with Crippen LogP contribution in [0.1, 0.15) is 45.6 Å². The Bertz CT molecular complexity index is 666. The van der Waals surface area contributed by atoms with Crippen molar-refractivity contribution in [2.75, 3.05) is 5.75 Å². The molecule has 0 radical (unpaired) electrons. The zero-order chi connectivity index (χ0) is 18.2. The standard InChI is InChI=1S/C19H28N4OS/c1-13(2)6-5-7-15(4)20-17(24)12-25-19-21-18(22-23-19)16-10-8-14(3)9-11-16/h8-11,13,15H,5-7,12H2,1-4H3,(H,20,24)(H,21,22,23)/t15-/m0/s1. The second-order valence-electron chi connectivity index (χ2n) is 6.91. The Morgan fingerprint density at radius 3 is 2.60 bits per heavy atom. The zero-order valence-electron chi connectivity index (χ0n) is 15.5. The average Bonchev–Trinajstić information content (AvgIpc) is 3.02. The molecular weight excluding hydrogens is 332 g/mol. The van der Waals surface area contributed by atoms with Crippen LogP contribution in [0.4, 0.5) is 0 Å². The number of H-pyrrole nitrogens is 1. The maximum atomic E-state index is 12.0. The van der Waals surface area contributed by atoms with Gasteiger partial charge < -0.3 is 5.32 Å². The lowest BCUT2D eigenvalue weighted by atomic mass is 10.0. The molecule has 0 unspecified atom stereocenters. The first-order valence-electron chi connectivity index (χ1n) is 8.85. The number of aryl methyl sites for hydroxylation is 1. The number of nitrogens with zero attached hydrogens (tertiary/aromatic N) is 2. The molecule has 136 valence electrons. The molecular formula is C19H28N4OS. The van der Waals surface area contributed by atoms with Gasteiger partial charge in [-0.2, -0.15) is 0 Å². The summed E-state index contributed by atoms with van der Waals surface area (Å²) in [4.78, 5) is 16.5. The van der Waals surface area contributed by atoms with E-state index in [1.54, 1.807) is 0 Å². The molecule has 2 N–H and O–H groups in total. The van der Waals surface area contributed by atoms with Crippen molar-refractivity contribution in [3.63, 3.8) is 0 Å². The normalized spacial score (nSPS) is 12.4. The van der Waals surface area contributed by atoms with Crippen LogP contribution in [0.3, 0.4) is 0 Å². The first-order chi connectivity index (χ1) is 11.9. The Morgan fingerprint density at radius 2 is 1.92 bits per heavy atom. The molecule has 0 aliphatic rings. The molecule has 1 atom stereocenters. The molecule has 0 aliphatic heterocycles. The number of amides is 1. The topological polar surface area (TPSA) is 70.7 Å². The van der Waals surface area contributed by atoms with E-state index in [0.29, 0.717) is 16.8 Å². The van der Waals surface area contributed by atoms with Gasteiger partial charge in [-0.25, -0.2) is 4.98 Å². The summed E-state index contributed by atoms with van der Waals surface area (Å²) < 4.78 is 0. The van der Waals surface area contributed by atoms with Crippen molar-refractivity contribution < 1.29 is 4.79 Å². The number of carbonyl (C=O) groups is 1. The minimum Gasteiger partial charge on any atom is -0.353 e. The van der Waals surface area contributed by atoms with E-state index in [2.05, 4.69) is 41.3 Å². The van der Waals surface area contributed by atoms with Crippen LogP contribution in [0.25, 0.3) is 11.4 Å². The number of carbonyl (C=O) groups excluding carboxylic acids is 1. The lowest BCUT2D eigenvalue weighted by molar-refractivity contribution is -0.119. The third-order valence-electron chi connectivity index (χ3n) is 3.95. The van der Waals surface area contributed by atoms with Crippen LogP contribution in [0, 0.1) is 12.8 Å². The van der Waals surface area contributed by atoms with Crippen molar-refractivity contribution >= 4 is 17.7 Å². The molecule has 0 aliphatic carbocycles. The number of benzene rings is 1. The van der Waals surface area contributed by atoms with Crippen molar-refractivity contribution in [1.29, 1.82) is 0 Å². The van der Waals surface area contributed by atoms with Gasteiger partial charge in [0.25, 0.3) is 0 Å². The Labute approximate surface area is 154 Å². The summed E-state index contributed by atoms with van der Waals surface area (Å²) in [5, 5.41) is 10.8. The molecule has 1 aromatic heterocycles. The van der Waals surface area contributed by atoms with Gasteiger partial charge in [0.05, 0.1) is 5.75 Å². The second kappa shape index (κ2) is 9.61. The van der Waals surface area contributed by atoms with E-state index >= 15 is 0 Å². The molecule has 2 aromatic rings. The molecule has 6 heteroatoms. The lowest BCUT2D eigenvalue weighted by Gasteiger charge is -2.14. The molecule has 25 heavy (non-hydrogen) atoms. The Hall–Kier alpha value is -1.82. The summed E-state index contributed by atoms with van der Waals surface area (Å²) in [6.45, 7) is 8.56. The van der Waals surface area contributed by atoms with Gasteiger partial charge in [0.2, 0.25) is 11.1 Å². The highest BCUT2D eigenvalue weighted by molar-refractivity contribution is 7.99. The van der Waals surface area contributed by atoms with Gasteiger partial charge in [-0.3, -0.25) is 9.89 Å². The molecule has 5 nitrogen and oxygen atoms in total. The first kappa shape index (κ1) is 19.5. The smallest absolute Gasteiger partial charge is 0.230 e. The van der Waals surface area contributed by atoms with E-state index in [1.807, 2.05) is 31.2 Å². The Balaban J connectivity index is 1.75. The van der Waals surface area contributed by atoms with E-state index in [9.17, 15) is 4.79 Å². The predicted molar refractivity (Wildman–Crippen MR) is 104 cm³/mol. The van der Waals surface area contributed by atoms with Gasteiger partial charge in [-0.1, -0.05) is 68.3 Å². The van der Waals surface area contributed by atoms with Crippen LogP contribution in [-0.2, 0) is 4.79 Å². The summed E-state index contributed by atoms with van der Waals surface area (Å²) in [5.74, 6) is 1.81. The van der Waals surface area contributed by atoms with E-state index in [0.717, 1.165) is 24.2 Å². The third kappa shape index (κ3) is 6.90. The molecule has 1 heterocycles. The first-order valence-corrected chi connectivity index (χ1v) is 9.84. The van der Waals surface area contributed by atoms with Gasteiger partial charge in [-0.05, 0) is 26.2 Å². The number of thioether (sulfide) groups is 1. The van der Waals surface area contributed by atoms with Gasteiger partial charge in [0.15, 0.2) is 5.82 Å². The minimum atomic E-state index is 0.0312. The summed E-state index contributed by atoms with van der Waals surface area (Å²) in [5.41, 5.74) is 2.20. The quantitative estimate of drug-likeness (QED) is 0.657. The minimum absolute atomic E-state index is 0.0312. The van der Waals surface area contributed by atoms with Crippen LogP contribution < -0.4 is 5.32 Å². The molecule has 0 spiro atoms. The molecule has 0 bridgehead atoms. The largest absolute Gasteiger partial charge is 0.353 e. The number of aromatic amines is 1. The number of hydrogen-bond donors (Lipinski definition) is 2. The summed E-state index contributed by atoms with van der Waals surface area (Å²) in [7, 11) is 0. The highest BCUT2D eigenvalue weighted by Crippen LogP contribution is 2.19. The third-order valence-corrected chi connectivity index (χ3v) is 4.80. The lowest BCUT2D eigenvalue weighted by Crippen LogP contribution is -2.33. The van der Waals surface area contributed by atoms with Gasteiger partial charge >= 0.3 is 0 Å². The molecule has 1 amide bonds. The summed E-state index contributed by atoms with van der Waals surface area (Å²) in [6, 6.07) is 8.31. The molecule has 2 rings (SSSR count). The summed E-state index contributed by atoms with van der Waals surface area (Å²) >= 11 is 1.35. The Morgan fingerprint density at radius 1 is 1.20 bits per heavy atom. The fraction of sp³-hybridized carbons (Fsp3) is 0.526. The van der Waals surface area contributed by atoms with Crippen molar-refractivity contribution in [1.82, 2.24) is 20.5 Å². The number of aromatic nitrogens is 3. The second-order valence-corrected chi connectivity index (χ2v) is 7.86. The van der Waals surface area contributed by atoms with Crippen LogP contribution in [0.5, 0.6) is 0 Å². The van der Waals surface area contributed by atoms with Gasteiger partial charge in [0.1, 0.15) is 0 Å². The number of hydrogen-bond acceptors (Lipinski definition) is 4. The predicted octanol–water partition coefficient (Wildman–Crippen LogP) is 4.20. The fourth-order valence-corrected chi connectivity index (χ4v) is 3.11. The van der Waals surface area contributed by atoms with E-state index < -0.39 is 0 Å². The van der Waals surface area contributed by atoms with Crippen LogP contribution >= 0.6 is 11.8 Å². The van der Waals surface area contributed by atoms with Crippen molar-refractivity contribution in [3.05, 3.63) is 29.8 Å². The van der Waals surface area contributed by atoms with Crippen molar-refractivity contribution in [2.45, 2.75) is 58.2 Å². The van der Waals surface area contributed by atoms with Crippen LogP contribution in [0.15, 0.2) is 29.4 Å². The maximum absolute atomic E-state index is 12.0. The van der Waals surface area contributed by atoms with Crippen LogP contribution in [-0.4, -0.2) is 32.9 Å². The fourth-order valence-electron chi connectivity index (χ4n) is 2.50. The number of rotatable bonds is 9. The monoisotopic (exact) mass is 360 g/mol. The number of nitrogens with one attached hydrogen (secondary N) is 2. The summed E-state index contributed by atoms with van der Waals surface area (Å²) in [6.07, 6.45) is 3.37. The molecule has 1 aromatic carbocycles. The van der Waals surface area contributed by atoms with Gasteiger partial charge in [-0.15, -0.1) is 5.10 Å². The maximum Gasteiger partial charge on any atom is 0.230 e. The average molecular weight is 361 g/mol. The van der Waals surface area contributed by atoms with Gasteiger partial charge in [0, 0.05) is 11.6 Å². The van der Waals surface area contributed by atoms with Crippen molar-refractivity contribution in [2.24, 2.45) is 5.92 Å². The Kier molecular flexibility index (Phi) is 7.50. The zero-order valence-corrected chi connectivity index (χ0v) is 16.3.